The highest BCUT2D eigenvalue weighted by Gasteiger charge is 2.34. The number of nitrogens with one attached hydrogen (secondary N) is 1. The van der Waals surface area contributed by atoms with Crippen LogP contribution in [0.4, 0.5) is 18.9 Å². The van der Waals surface area contributed by atoms with Gasteiger partial charge >= 0.3 is 6.18 Å². The topological polar surface area (TPSA) is 15.3 Å². The van der Waals surface area contributed by atoms with Crippen molar-refractivity contribution in [2.24, 2.45) is 0 Å². The van der Waals surface area contributed by atoms with Crippen LogP contribution in [0, 0.1) is 0 Å². The molecule has 0 spiro atoms. The Morgan fingerprint density at radius 2 is 1.86 bits per heavy atom. The molecule has 2 rings (SSSR count). The molecule has 1 N–H and O–H groups in total. The van der Waals surface area contributed by atoms with Gasteiger partial charge in [-0.3, -0.25) is 0 Å². The zero-order chi connectivity index (χ0) is 15.5. The molecule has 2 atom stereocenters. The smallest absolute Gasteiger partial charge is 0.371 e. The first-order valence-electron chi connectivity index (χ1n) is 7.59. The Balaban J connectivity index is 2.24. The summed E-state index contributed by atoms with van der Waals surface area (Å²) in [6.45, 7) is 5.52. The Bertz CT molecular complexity index is 459. The Morgan fingerprint density at radius 1 is 1.19 bits per heavy atom. The van der Waals surface area contributed by atoms with E-state index in [0.717, 1.165) is 19.3 Å². The predicted molar refractivity (Wildman–Crippen MR) is 79.6 cm³/mol. The van der Waals surface area contributed by atoms with Gasteiger partial charge in [0, 0.05) is 30.9 Å². The molecule has 118 valence electrons. The number of anilines is 1. The second-order valence-corrected chi connectivity index (χ2v) is 5.75. The highest BCUT2D eigenvalue weighted by Crippen LogP contribution is 2.36. The second kappa shape index (κ2) is 6.69. The molecular formula is C16H23F3N2. The Labute approximate surface area is 124 Å². The van der Waals surface area contributed by atoms with Crippen LogP contribution in [-0.2, 0) is 6.18 Å². The highest BCUT2D eigenvalue weighted by atomic mass is 19.4. The summed E-state index contributed by atoms with van der Waals surface area (Å²) >= 11 is 0. The minimum absolute atomic E-state index is 0.314. The quantitative estimate of drug-likeness (QED) is 0.886. The molecule has 0 aliphatic carbocycles. The van der Waals surface area contributed by atoms with Crippen molar-refractivity contribution in [1.29, 1.82) is 0 Å². The zero-order valence-electron chi connectivity index (χ0n) is 12.6. The predicted octanol–water partition coefficient (Wildman–Crippen LogP) is 4.06. The fourth-order valence-corrected chi connectivity index (χ4v) is 2.89. The monoisotopic (exact) mass is 300 g/mol. The van der Waals surface area contributed by atoms with Crippen LogP contribution in [0.2, 0.25) is 0 Å². The maximum absolute atomic E-state index is 13.2. The molecule has 0 amide bonds. The van der Waals surface area contributed by atoms with Crippen LogP contribution in [0.5, 0.6) is 0 Å². The lowest BCUT2D eigenvalue weighted by atomic mass is 10.0. The number of para-hydroxylation sites is 1. The lowest BCUT2D eigenvalue weighted by Gasteiger charge is -2.34. The van der Waals surface area contributed by atoms with Crippen molar-refractivity contribution >= 4 is 5.69 Å². The molecule has 1 aromatic carbocycles. The third-order valence-corrected chi connectivity index (χ3v) is 4.14. The number of nitrogens with zero attached hydrogens (tertiary/aromatic N) is 1. The summed E-state index contributed by atoms with van der Waals surface area (Å²) in [6.07, 6.45) is -1.58. The maximum Gasteiger partial charge on any atom is 0.418 e. The zero-order valence-corrected chi connectivity index (χ0v) is 12.6. The summed E-state index contributed by atoms with van der Waals surface area (Å²) in [5.41, 5.74) is -0.215. The molecule has 2 nitrogen and oxygen atoms in total. The van der Waals surface area contributed by atoms with Crippen molar-refractivity contribution in [2.75, 3.05) is 18.0 Å². The second-order valence-electron chi connectivity index (χ2n) is 5.75. The van der Waals surface area contributed by atoms with Crippen LogP contribution in [0.3, 0.4) is 0 Å². The molecule has 0 saturated carbocycles. The summed E-state index contributed by atoms with van der Waals surface area (Å²) in [4.78, 5) is 1.89. The summed E-state index contributed by atoms with van der Waals surface area (Å²) < 4.78 is 39.5. The van der Waals surface area contributed by atoms with Crippen LogP contribution in [0.1, 0.15) is 38.7 Å². The molecule has 1 aromatic rings. The average molecular weight is 300 g/mol. The summed E-state index contributed by atoms with van der Waals surface area (Å²) in [5, 5.41) is 3.54. The van der Waals surface area contributed by atoms with Crippen molar-refractivity contribution in [3.05, 3.63) is 29.8 Å². The summed E-state index contributed by atoms with van der Waals surface area (Å²) in [6, 6.07) is 6.60. The van der Waals surface area contributed by atoms with E-state index in [-0.39, 0.29) is 0 Å². The van der Waals surface area contributed by atoms with Crippen molar-refractivity contribution in [3.63, 3.8) is 0 Å². The number of hydrogen-bond acceptors (Lipinski definition) is 2. The van der Waals surface area contributed by atoms with E-state index in [9.17, 15) is 13.2 Å². The van der Waals surface area contributed by atoms with E-state index < -0.39 is 11.7 Å². The van der Waals surface area contributed by atoms with Crippen LogP contribution in [-0.4, -0.2) is 25.2 Å². The van der Waals surface area contributed by atoms with Gasteiger partial charge in [0.2, 0.25) is 0 Å². The van der Waals surface area contributed by atoms with Crippen LogP contribution in [0.25, 0.3) is 0 Å². The van der Waals surface area contributed by atoms with Crippen LogP contribution in [0.15, 0.2) is 24.3 Å². The molecule has 0 radical (unpaired) electrons. The van der Waals surface area contributed by atoms with Gasteiger partial charge in [0.1, 0.15) is 0 Å². The van der Waals surface area contributed by atoms with Gasteiger partial charge < -0.3 is 10.2 Å². The van der Waals surface area contributed by atoms with E-state index in [1.165, 1.54) is 12.1 Å². The Morgan fingerprint density at radius 3 is 2.52 bits per heavy atom. The fourth-order valence-electron chi connectivity index (χ4n) is 2.89. The van der Waals surface area contributed by atoms with Crippen molar-refractivity contribution in [2.45, 2.75) is 51.4 Å². The lowest BCUT2D eigenvalue weighted by Crippen LogP contribution is -2.44. The van der Waals surface area contributed by atoms with Gasteiger partial charge in [-0.25, -0.2) is 0 Å². The van der Waals surface area contributed by atoms with E-state index in [1.807, 2.05) is 4.90 Å². The molecule has 0 aromatic heterocycles. The van der Waals surface area contributed by atoms with Crippen LogP contribution >= 0.6 is 0 Å². The van der Waals surface area contributed by atoms with Crippen molar-refractivity contribution < 1.29 is 13.2 Å². The number of benzene rings is 1. The van der Waals surface area contributed by atoms with E-state index in [0.29, 0.717) is 30.9 Å². The van der Waals surface area contributed by atoms with E-state index in [2.05, 4.69) is 19.2 Å². The summed E-state index contributed by atoms with van der Waals surface area (Å²) in [5.74, 6) is 0. The van der Waals surface area contributed by atoms with E-state index in [4.69, 9.17) is 0 Å². The van der Waals surface area contributed by atoms with Gasteiger partial charge in [0.25, 0.3) is 0 Å². The summed E-state index contributed by atoms with van der Waals surface area (Å²) in [7, 11) is 0. The molecule has 1 saturated heterocycles. The minimum atomic E-state index is -4.30. The number of hydrogen-bond donors (Lipinski definition) is 1. The van der Waals surface area contributed by atoms with E-state index >= 15 is 0 Å². The molecule has 21 heavy (non-hydrogen) atoms. The molecule has 1 heterocycles. The van der Waals surface area contributed by atoms with Crippen molar-refractivity contribution in [3.8, 4) is 0 Å². The lowest BCUT2D eigenvalue weighted by molar-refractivity contribution is -0.137. The largest absolute Gasteiger partial charge is 0.418 e. The SMILES string of the molecule is CCC1CCN(c2ccccc2C(F)(F)F)CCC(C)N1. The third-order valence-electron chi connectivity index (χ3n) is 4.14. The van der Waals surface area contributed by atoms with Gasteiger partial charge in [-0.05, 0) is 38.3 Å². The molecule has 1 aliphatic heterocycles. The molecular weight excluding hydrogens is 277 g/mol. The Kier molecular flexibility index (Phi) is 5.14. The Hall–Kier alpha value is -1.23. The van der Waals surface area contributed by atoms with Crippen LogP contribution < -0.4 is 10.2 Å². The molecule has 2 unspecified atom stereocenters. The van der Waals surface area contributed by atoms with Gasteiger partial charge in [0.05, 0.1) is 5.56 Å². The minimum Gasteiger partial charge on any atom is -0.371 e. The van der Waals surface area contributed by atoms with Gasteiger partial charge in [0.15, 0.2) is 0 Å². The number of halogens is 3. The average Bonchev–Trinajstić information content (AvgIpc) is 2.42. The molecule has 1 fully saturated rings. The standard InChI is InChI=1S/C16H23F3N2/c1-3-13-9-11-21(10-8-12(2)20-13)15-7-5-4-6-14(15)16(17,18)19/h4-7,12-13,20H,3,8-11H2,1-2H3. The molecule has 0 bridgehead atoms. The third kappa shape index (κ3) is 4.13. The molecule has 1 aliphatic rings. The number of alkyl halides is 3. The first-order valence-corrected chi connectivity index (χ1v) is 7.59. The van der Waals surface area contributed by atoms with E-state index in [1.54, 1.807) is 12.1 Å². The fraction of sp³-hybridized carbons (Fsp3) is 0.625. The highest BCUT2D eigenvalue weighted by molar-refractivity contribution is 5.55. The first kappa shape index (κ1) is 16.1. The number of rotatable bonds is 2. The van der Waals surface area contributed by atoms with Crippen molar-refractivity contribution in [1.82, 2.24) is 5.32 Å². The molecule has 5 heteroatoms. The van der Waals surface area contributed by atoms with Gasteiger partial charge in [-0.1, -0.05) is 19.1 Å². The normalized spacial score (nSPS) is 24.5. The van der Waals surface area contributed by atoms with Gasteiger partial charge in [-0.15, -0.1) is 0 Å². The maximum atomic E-state index is 13.2. The van der Waals surface area contributed by atoms with Gasteiger partial charge in [-0.2, -0.15) is 13.2 Å². The first-order chi connectivity index (χ1) is 9.91.